The number of primary sulfonamides is 1. The Hall–Kier alpha value is -1.40. The second kappa shape index (κ2) is 3.77. The minimum atomic E-state index is -4.12. The molecule has 0 saturated heterocycles. The molecule has 3 N–H and O–H groups in total. The van der Waals surface area contributed by atoms with Crippen molar-refractivity contribution in [2.45, 2.75) is 5.25 Å². The van der Waals surface area contributed by atoms with Crippen molar-refractivity contribution in [3.63, 3.8) is 0 Å². The molecule has 1 aromatic carbocycles. The van der Waals surface area contributed by atoms with Gasteiger partial charge in [-0.15, -0.1) is 0 Å². The summed E-state index contributed by atoms with van der Waals surface area (Å²) in [5, 5.41) is 11.8. The van der Waals surface area contributed by atoms with Crippen molar-refractivity contribution in [1.82, 2.24) is 0 Å². The maximum atomic E-state index is 11.0. The molecule has 0 bridgehead atoms. The molecule has 0 aromatic heterocycles. The lowest BCUT2D eigenvalue weighted by molar-refractivity contribution is -0.136. The molecular weight excluding hydrogens is 206 g/mol. The Labute approximate surface area is 81.2 Å². The number of nitrogens with two attached hydrogens (primary N) is 1. The molecule has 14 heavy (non-hydrogen) atoms. The maximum absolute atomic E-state index is 11.0. The van der Waals surface area contributed by atoms with Crippen LogP contribution in [0.15, 0.2) is 30.3 Å². The van der Waals surface area contributed by atoms with Crippen LogP contribution in [-0.4, -0.2) is 19.5 Å². The summed E-state index contributed by atoms with van der Waals surface area (Å²) in [6, 6.07) is 7.57. The molecule has 0 aliphatic carbocycles. The quantitative estimate of drug-likeness (QED) is 0.747. The second-order valence-electron chi connectivity index (χ2n) is 2.72. The first-order valence-corrected chi connectivity index (χ1v) is 5.33. The fraction of sp³-hybridized carbons (Fsp3) is 0.125. The second-order valence-corrected chi connectivity index (χ2v) is 4.37. The number of carbonyl (C=O) groups is 1. The summed E-state index contributed by atoms with van der Waals surface area (Å²) >= 11 is 0. The molecule has 0 spiro atoms. The Kier molecular flexibility index (Phi) is 2.87. The topological polar surface area (TPSA) is 97.5 Å². The van der Waals surface area contributed by atoms with Gasteiger partial charge in [0.15, 0.2) is 5.25 Å². The van der Waals surface area contributed by atoms with E-state index in [4.69, 9.17) is 10.2 Å². The van der Waals surface area contributed by atoms with Gasteiger partial charge in [-0.1, -0.05) is 30.3 Å². The van der Waals surface area contributed by atoms with Crippen molar-refractivity contribution in [2.24, 2.45) is 5.14 Å². The Morgan fingerprint density at radius 1 is 1.29 bits per heavy atom. The van der Waals surface area contributed by atoms with Gasteiger partial charge in [-0.05, 0) is 5.56 Å². The molecule has 1 unspecified atom stereocenters. The van der Waals surface area contributed by atoms with Crippen LogP contribution in [0.1, 0.15) is 10.8 Å². The molecule has 0 radical (unpaired) electrons. The maximum Gasteiger partial charge on any atom is 0.327 e. The summed E-state index contributed by atoms with van der Waals surface area (Å²) in [4.78, 5) is 10.7. The van der Waals surface area contributed by atoms with E-state index in [2.05, 4.69) is 0 Å². The van der Waals surface area contributed by atoms with Crippen LogP contribution in [0, 0.1) is 0 Å². The highest BCUT2D eigenvalue weighted by Gasteiger charge is 2.30. The van der Waals surface area contributed by atoms with Gasteiger partial charge in [0.05, 0.1) is 0 Å². The van der Waals surface area contributed by atoms with Gasteiger partial charge in [0.1, 0.15) is 0 Å². The number of carboxylic acid groups (broad SMARTS) is 1. The fourth-order valence-corrected chi connectivity index (χ4v) is 1.92. The first-order valence-electron chi connectivity index (χ1n) is 3.72. The van der Waals surface area contributed by atoms with E-state index in [1.807, 2.05) is 0 Å². The summed E-state index contributed by atoms with van der Waals surface area (Å²) in [6.45, 7) is 0. The zero-order valence-electron chi connectivity index (χ0n) is 7.12. The third kappa shape index (κ3) is 2.30. The van der Waals surface area contributed by atoms with Crippen LogP contribution < -0.4 is 5.14 Å². The van der Waals surface area contributed by atoms with Gasteiger partial charge in [-0.3, -0.25) is 4.79 Å². The Bertz CT molecular complexity index is 426. The average Bonchev–Trinajstić information content (AvgIpc) is 2.02. The SMILES string of the molecule is NS(=O)(=O)C(C(=O)O)c1ccccc1. The summed E-state index contributed by atoms with van der Waals surface area (Å²) in [5.74, 6) is -1.47. The van der Waals surface area contributed by atoms with Gasteiger partial charge in [-0.2, -0.15) is 0 Å². The van der Waals surface area contributed by atoms with Crippen molar-refractivity contribution >= 4 is 16.0 Å². The van der Waals surface area contributed by atoms with Gasteiger partial charge in [-0.25, -0.2) is 13.6 Å². The number of benzene rings is 1. The van der Waals surface area contributed by atoms with Gasteiger partial charge in [0.25, 0.3) is 0 Å². The lowest BCUT2D eigenvalue weighted by Gasteiger charge is -2.09. The molecule has 0 amide bonds. The number of rotatable bonds is 3. The average molecular weight is 215 g/mol. The Morgan fingerprint density at radius 3 is 2.14 bits per heavy atom. The molecule has 0 aliphatic rings. The molecule has 0 saturated carbocycles. The van der Waals surface area contributed by atoms with E-state index in [1.54, 1.807) is 18.2 Å². The third-order valence-electron chi connectivity index (χ3n) is 1.66. The molecule has 1 aromatic rings. The highest BCUT2D eigenvalue weighted by Crippen LogP contribution is 2.19. The van der Waals surface area contributed by atoms with Crippen molar-refractivity contribution in [3.8, 4) is 0 Å². The number of sulfonamides is 1. The fourth-order valence-electron chi connectivity index (χ4n) is 1.10. The normalized spacial score (nSPS) is 13.5. The predicted molar refractivity (Wildman–Crippen MR) is 49.9 cm³/mol. The smallest absolute Gasteiger partial charge is 0.327 e. The number of aliphatic carboxylic acids is 1. The van der Waals surface area contributed by atoms with E-state index in [1.165, 1.54) is 12.1 Å². The van der Waals surface area contributed by atoms with Crippen LogP contribution in [0.5, 0.6) is 0 Å². The lowest BCUT2D eigenvalue weighted by Crippen LogP contribution is -2.27. The number of hydrogen-bond acceptors (Lipinski definition) is 3. The van der Waals surface area contributed by atoms with Crippen LogP contribution in [0.25, 0.3) is 0 Å². The standard InChI is InChI=1S/C8H9NO4S/c9-14(12,13)7(8(10)11)6-4-2-1-3-5-6/h1-5,7H,(H,10,11)(H2,9,12,13). The third-order valence-corrected chi connectivity index (χ3v) is 2.79. The van der Waals surface area contributed by atoms with Gasteiger partial charge < -0.3 is 5.11 Å². The molecule has 76 valence electrons. The summed E-state index contributed by atoms with van der Waals surface area (Å²) in [6.07, 6.45) is 0. The predicted octanol–water partition coefficient (Wildman–Crippen LogP) is 0.101. The molecule has 1 rings (SSSR count). The van der Waals surface area contributed by atoms with Gasteiger partial charge in [0, 0.05) is 0 Å². The van der Waals surface area contributed by atoms with Crippen molar-refractivity contribution in [1.29, 1.82) is 0 Å². The minimum Gasteiger partial charge on any atom is -0.480 e. The van der Waals surface area contributed by atoms with E-state index < -0.39 is 21.2 Å². The summed E-state index contributed by atoms with van der Waals surface area (Å²) in [7, 11) is -4.12. The largest absolute Gasteiger partial charge is 0.480 e. The van der Waals surface area contributed by atoms with Crippen LogP contribution in [0.4, 0.5) is 0 Å². The molecular formula is C8H9NO4S. The Morgan fingerprint density at radius 2 is 1.79 bits per heavy atom. The zero-order chi connectivity index (χ0) is 10.8. The van der Waals surface area contributed by atoms with Gasteiger partial charge in [0.2, 0.25) is 10.0 Å². The monoisotopic (exact) mass is 215 g/mol. The van der Waals surface area contributed by atoms with Crippen LogP contribution in [0.2, 0.25) is 0 Å². The lowest BCUT2D eigenvalue weighted by atomic mass is 10.1. The number of hydrogen-bond donors (Lipinski definition) is 2. The Balaban J connectivity index is 3.22. The first-order chi connectivity index (χ1) is 6.43. The van der Waals surface area contributed by atoms with E-state index in [9.17, 15) is 13.2 Å². The molecule has 6 heteroatoms. The molecule has 0 aliphatic heterocycles. The molecule has 0 fully saturated rings. The van der Waals surface area contributed by atoms with Crippen molar-refractivity contribution in [2.75, 3.05) is 0 Å². The van der Waals surface area contributed by atoms with Crippen molar-refractivity contribution < 1.29 is 18.3 Å². The molecule has 5 nitrogen and oxygen atoms in total. The van der Waals surface area contributed by atoms with E-state index in [0.717, 1.165) is 0 Å². The zero-order valence-corrected chi connectivity index (χ0v) is 7.94. The van der Waals surface area contributed by atoms with Crippen LogP contribution in [0.3, 0.4) is 0 Å². The van der Waals surface area contributed by atoms with Gasteiger partial charge >= 0.3 is 5.97 Å². The molecule has 0 heterocycles. The van der Waals surface area contributed by atoms with E-state index >= 15 is 0 Å². The number of carboxylic acids is 1. The molecule has 1 atom stereocenters. The van der Waals surface area contributed by atoms with E-state index in [-0.39, 0.29) is 5.56 Å². The summed E-state index contributed by atoms with van der Waals surface area (Å²) in [5.41, 5.74) is 0.155. The van der Waals surface area contributed by atoms with E-state index in [0.29, 0.717) is 0 Å². The first kappa shape index (κ1) is 10.7. The summed E-state index contributed by atoms with van der Waals surface area (Å²) < 4.78 is 21.9. The highest BCUT2D eigenvalue weighted by atomic mass is 32.2. The minimum absolute atomic E-state index is 0.155. The van der Waals surface area contributed by atoms with Crippen molar-refractivity contribution in [3.05, 3.63) is 35.9 Å². The van der Waals surface area contributed by atoms with Crippen LogP contribution in [-0.2, 0) is 14.8 Å². The highest BCUT2D eigenvalue weighted by molar-refractivity contribution is 7.90. The van der Waals surface area contributed by atoms with Crippen LogP contribution >= 0.6 is 0 Å².